The van der Waals surface area contributed by atoms with E-state index in [2.05, 4.69) is 23.7 Å². The Bertz CT molecular complexity index is 671. The van der Waals surface area contributed by atoms with Crippen LogP contribution in [0.1, 0.15) is 31.9 Å². The Balaban J connectivity index is 2.39. The first-order valence-corrected chi connectivity index (χ1v) is 7.29. The average molecular weight is 288 g/mol. The Hall–Kier alpha value is -2.48. The minimum absolute atomic E-state index is 0.476. The second kappa shape index (κ2) is 6.52. The van der Waals surface area contributed by atoms with E-state index in [-0.39, 0.29) is 0 Å². The molecule has 0 saturated heterocycles. The summed E-state index contributed by atoms with van der Waals surface area (Å²) in [6, 6.07) is 19.3. The molecule has 2 aromatic rings. The lowest BCUT2D eigenvalue weighted by atomic mass is 9.77. The summed E-state index contributed by atoms with van der Waals surface area (Å²) < 4.78 is 0. The van der Waals surface area contributed by atoms with Crippen molar-refractivity contribution in [3.8, 4) is 23.7 Å². The van der Waals surface area contributed by atoms with Gasteiger partial charge in [-0.1, -0.05) is 69.0 Å². The molecule has 22 heavy (non-hydrogen) atoms. The zero-order valence-corrected chi connectivity index (χ0v) is 13.2. The van der Waals surface area contributed by atoms with Crippen LogP contribution in [0.4, 0.5) is 0 Å². The van der Waals surface area contributed by atoms with Gasteiger partial charge in [0.2, 0.25) is 0 Å². The fourth-order valence-electron chi connectivity index (χ4n) is 1.77. The highest BCUT2D eigenvalue weighted by Gasteiger charge is 2.37. The van der Waals surface area contributed by atoms with Gasteiger partial charge < -0.3 is 5.11 Å². The zero-order chi connectivity index (χ0) is 16.1. The number of rotatable bonds is 0. The number of hydrogen-bond donors (Lipinski definition) is 1. The summed E-state index contributed by atoms with van der Waals surface area (Å²) in [5.74, 6) is 12.0. The number of hydrogen-bond acceptors (Lipinski definition) is 1. The van der Waals surface area contributed by atoms with E-state index in [0.717, 1.165) is 11.1 Å². The molecule has 1 heteroatoms. The van der Waals surface area contributed by atoms with Crippen LogP contribution in [0.5, 0.6) is 0 Å². The molecule has 1 N–H and O–H groups in total. The number of benzene rings is 2. The summed E-state index contributed by atoms with van der Waals surface area (Å²) in [5.41, 5.74) is -0.117. The van der Waals surface area contributed by atoms with Gasteiger partial charge in [-0.25, -0.2) is 0 Å². The van der Waals surface area contributed by atoms with Gasteiger partial charge in [0, 0.05) is 16.5 Å². The Morgan fingerprint density at radius 3 is 1.36 bits per heavy atom. The molecule has 0 bridgehead atoms. The normalized spacial score (nSPS) is 10.9. The number of aliphatic hydroxyl groups is 1. The minimum Gasteiger partial charge on any atom is -0.367 e. The minimum atomic E-state index is -1.38. The van der Waals surface area contributed by atoms with Crippen LogP contribution in [0.3, 0.4) is 0 Å². The molecule has 0 aromatic heterocycles. The van der Waals surface area contributed by atoms with Crippen molar-refractivity contribution in [1.29, 1.82) is 0 Å². The van der Waals surface area contributed by atoms with Crippen LogP contribution in [0.25, 0.3) is 0 Å². The topological polar surface area (TPSA) is 20.2 Å². The van der Waals surface area contributed by atoms with E-state index in [9.17, 15) is 5.11 Å². The van der Waals surface area contributed by atoms with Crippen LogP contribution in [-0.2, 0) is 0 Å². The summed E-state index contributed by atoms with van der Waals surface area (Å²) in [6.07, 6.45) is 0. The molecule has 2 aromatic carbocycles. The van der Waals surface area contributed by atoms with Crippen LogP contribution in [0.15, 0.2) is 60.7 Å². The Morgan fingerprint density at radius 1 is 0.682 bits per heavy atom. The molecule has 0 aliphatic rings. The monoisotopic (exact) mass is 288 g/mol. The first-order chi connectivity index (χ1) is 10.4. The lowest BCUT2D eigenvalue weighted by Crippen LogP contribution is -2.40. The van der Waals surface area contributed by atoms with Gasteiger partial charge in [0.05, 0.1) is 0 Å². The molecule has 2 rings (SSSR count). The third kappa shape index (κ3) is 4.01. The molecular formula is C21H20O. The van der Waals surface area contributed by atoms with Crippen LogP contribution in [-0.4, -0.2) is 10.7 Å². The Kier molecular flexibility index (Phi) is 4.71. The van der Waals surface area contributed by atoms with Crippen molar-refractivity contribution < 1.29 is 5.11 Å². The van der Waals surface area contributed by atoms with Gasteiger partial charge in [-0.15, -0.1) is 0 Å². The average Bonchev–Trinajstić information content (AvgIpc) is 2.52. The molecule has 0 aliphatic carbocycles. The molecule has 0 amide bonds. The van der Waals surface area contributed by atoms with Crippen LogP contribution in [0.2, 0.25) is 0 Å². The van der Waals surface area contributed by atoms with E-state index in [1.54, 1.807) is 0 Å². The van der Waals surface area contributed by atoms with Gasteiger partial charge in [-0.2, -0.15) is 0 Å². The maximum Gasteiger partial charge on any atom is 0.193 e. The predicted molar refractivity (Wildman–Crippen MR) is 91.0 cm³/mol. The molecule has 0 heterocycles. The highest BCUT2D eigenvalue weighted by molar-refractivity contribution is 5.44. The summed E-state index contributed by atoms with van der Waals surface area (Å²) in [4.78, 5) is 0. The second-order valence-corrected chi connectivity index (χ2v) is 6.19. The maximum absolute atomic E-state index is 10.9. The molecule has 1 nitrogen and oxygen atoms in total. The van der Waals surface area contributed by atoms with Gasteiger partial charge in [-0.3, -0.25) is 0 Å². The van der Waals surface area contributed by atoms with Gasteiger partial charge in [0.25, 0.3) is 0 Å². The standard InChI is InChI=1S/C21H20O/c1-20(2,3)21(22,16-14-18-10-6-4-7-11-18)17-15-19-12-8-5-9-13-19/h4-13,22H,1-3H3. The highest BCUT2D eigenvalue weighted by atomic mass is 16.3. The maximum atomic E-state index is 10.9. The van der Waals surface area contributed by atoms with Crippen LogP contribution >= 0.6 is 0 Å². The van der Waals surface area contributed by atoms with E-state index in [1.165, 1.54) is 0 Å². The third-order valence-electron chi connectivity index (χ3n) is 3.41. The molecule has 110 valence electrons. The Morgan fingerprint density at radius 2 is 1.05 bits per heavy atom. The molecule has 0 fully saturated rings. The largest absolute Gasteiger partial charge is 0.367 e. The molecule has 0 saturated carbocycles. The second-order valence-electron chi connectivity index (χ2n) is 6.19. The fourth-order valence-corrected chi connectivity index (χ4v) is 1.77. The van der Waals surface area contributed by atoms with E-state index in [1.807, 2.05) is 81.4 Å². The third-order valence-corrected chi connectivity index (χ3v) is 3.41. The SMILES string of the molecule is CC(C)(C)C(O)(C#Cc1ccccc1)C#Cc1ccccc1. The van der Waals surface area contributed by atoms with Crippen molar-refractivity contribution in [3.63, 3.8) is 0 Å². The zero-order valence-electron chi connectivity index (χ0n) is 13.2. The predicted octanol–water partition coefficient (Wildman–Crippen LogP) is 3.87. The molecule has 0 unspecified atom stereocenters. The molecule has 0 radical (unpaired) electrons. The molecule has 0 atom stereocenters. The van der Waals surface area contributed by atoms with Crippen molar-refractivity contribution in [2.75, 3.05) is 0 Å². The first kappa shape index (κ1) is 15.9. The highest BCUT2D eigenvalue weighted by Crippen LogP contribution is 2.29. The van der Waals surface area contributed by atoms with Crippen molar-refractivity contribution in [2.45, 2.75) is 26.4 Å². The van der Waals surface area contributed by atoms with E-state index < -0.39 is 11.0 Å². The van der Waals surface area contributed by atoms with Crippen molar-refractivity contribution in [2.24, 2.45) is 5.41 Å². The first-order valence-electron chi connectivity index (χ1n) is 7.29. The summed E-state index contributed by atoms with van der Waals surface area (Å²) in [6.45, 7) is 5.81. The van der Waals surface area contributed by atoms with E-state index in [0.29, 0.717) is 0 Å². The fraction of sp³-hybridized carbons (Fsp3) is 0.238. The van der Waals surface area contributed by atoms with Gasteiger partial charge in [-0.05, 0) is 36.1 Å². The lowest BCUT2D eigenvalue weighted by Gasteiger charge is -2.31. The van der Waals surface area contributed by atoms with E-state index in [4.69, 9.17) is 0 Å². The smallest absolute Gasteiger partial charge is 0.193 e. The quantitative estimate of drug-likeness (QED) is 0.730. The van der Waals surface area contributed by atoms with Gasteiger partial charge in [0.1, 0.15) is 0 Å². The van der Waals surface area contributed by atoms with E-state index >= 15 is 0 Å². The van der Waals surface area contributed by atoms with Gasteiger partial charge >= 0.3 is 0 Å². The van der Waals surface area contributed by atoms with Crippen molar-refractivity contribution in [1.82, 2.24) is 0 Å². The summed E-state index contributed by atoms with van der Waals surface area (Å²) >= 11 is 0. The van der Waals surface area contributed by atoms with Crippen LogP contribution < -0.4 is 0 Å². The van der Waals surface area contributed by atoms with Crippen LogP contribution in [0, 0.1) is 29.1 Å². The molecular weight excluding hydrogens is 268 g/mol. The summed E-state index contributed by atoms with van der Waals surface area (Å²) in [7, 11) is 0. The molecule has 0 aliphatic heterocycles. The summed E-state index contributed by atoms with van der Waals surface area (Å²) in [5, 5.41) is 10.9. The van der Waals surface area contributed by atoms with Gasteiger partial charge in [0.15, 0.2) is 5.60 Å². The van der Waals surface area contributed by atoms with Crippen molar-refractivity contribution in [3.05, 3.63) is 71.8 Å². The molecule has 0 spiro atoms. The lowest BCUT2D eigenvalue weighted by molar-refractivity contribution is 0.0490. The Labute approximate surface area is 133 Å². The van der Waals surface area contributed by atoms with Crippen molar-refractivity contribution >= 4 is 0 Å².